The second kappa shape index (κ2) is 7.48. The van der Waals surface area contributed by atoms with Crippen LogP contribution in [0.15, 0.2) is 41.1 Å². The highest BCUT2D eigenvalue weighted by molar-refractivity contribution is 7.91. The minimum absolute atomic E-state index is 0.166. The van der Waals surface area contributed by atoms with Crippen LogP contribution in [0.25, 0.3) is 11.1 Å². The van der Waals surface area contributed by atoms with Gasteiger partial charge in [0.25, 0.3) is 0 Å². The van der Waals surface area contributed by atoms with E-state index in [0.29, 0.717) is 23.3 Å². The van der Waals surface area contributed by atoms with Crippen LogP contribution in [0.1, 0.15) is 24.3 Å². The first kappa shape index (κ1) is 19.0. The van der Waals surface area contributed by atoms with Crippen molar-refractivity contribution in [1.82, 2.24) is 14.5 Å². The molecule has 0 spiro atoms. The van der Waals surface area contributed by atoms with E-state index >= 15 is 0 Å². The highest BCUT2D eigenvalue weighted by Crippen LogP contribution is 2.37. The van der Waals surface area contributed by atoms with Crippen LogP contribution in [-0.2, 0) is 23.0 Å². The van der Waals surface area contributed by atoms with Crippen molar-refractivity contribution >= 4 is 33.0 Å². The van der Waals surface area contributed by atoms with Crippen molar-refractivity contribution in [2.45, 2.75) is 31.0 Å². The summed E-state index contributed by atoms with van der Waals surface area (Å²) in [6.45, 7) is 4.63. The number of primary sulfonamides is 1. The maximum absolute atomic E-state index is 12.1. The van der Waals surface area contributed by atoms with Gasteiger partial charge in [0.05, 0.1) is 6.54 Å². The lowest BCUT2D eigenvalue weighted by molar-refractivity contribution is 0.600. The van der Waals surface area contributed by atoms with Crippen LogP contribution >= 0.6 is 22.9 Å². The number of rotatable bonds is 6. The third kappa shape index (κ3) is 4.15. The average molecular weight is 411 g/mol. The van der Waals surface area contributed by atoms with E-state index in [0.717, 1.165) is 22.4 Å². The number of imidazole rings is 1. The Balaban J connectivity index is 2.12. The first-order chi connectivity index (χ1) is 12.3. The predicted octanol–water partition coefficient (Wildman–Crippen LogP) is 3.55. The fourth-order valence-electron chi connectivity index (χ4n) is 2.74. The fourth-order valence-corrected chi connectivity index (χ4v) is 5.29. The van der Waals surface area contributed by atoms with Crippen molar-refractivity contribution in [3.8, 4) is 11.1 Å². The number of nitrogens with two attached hydrogens (primary N) is 1. The van der Waals surface area contributed by atoms with E-state index in [1.165, 1.54) is 11.3 Å². The SMILES string of the molecule is CC(C)Cc1cc(-c2cnccc2Cn2ccnc2Cl)c(S(N)(=O)=O)s1. The number of halogens is 1. The number of hydrogen-bond donors (Lipinski definition) is 1. The van der Waals surface area contributed by atoms with Crippen molar-refractivity contribution in [3.05, 3.63) is 52.6 Å². The first-order valence-corrected chi connectivity index (χ1v) is 10.7. The van der Waals surface area contributed by atoms with E-state index in [2.05, 4.69) is 23.8 Å². The zero-order valence-corrected chi connectivity index (χ0v) is 16.8. The summed E-state index contributed by atoms with van der Waals surface area (Å²) in [4.78, 5) is 9.17. The minimum Gasteiger partial charge on any atom is -0.317 e. The Labute approximate surface area is 161 Å². The molecule has 138 valence electrons. The van der Waals surface area contributed by atoms with Gasteiger partial charge in [-0.1, -0.05) is 13.8 Å². The molecule has 0 fully saturated rings. The van der Waals surface area contributed by atoms with Gasteiger partial charge in [-0.25, -0.2) is 18.5 Å². The summed E-state index contributed by atoms with van der Waals surface area (Å²) in [6, 6.07) is 3.75. The number of hydrogen-bond acceptors (Lipinski definition) is 5. The molecule has 0 aliphatic carbocycles. The maximum atomic E-state index is 12.1. The molecule has 0 atom stereocenters. The zero-order chi connectivity index (χ0) is 18.9. The Bertz CT molecular complexity index is 1030. The summed E-state index contributed by atoms with van der Waals surface area (Å²) in [6.07, 6.45) is 7.50. The highest BCUT2D eigenvalue weighted by atomic mass is 35.5. The van der Waals surface area contributed by atoms with E-state index in [1.54, 1.807) is 29.4 Å². The summed E-state index contributed by atoms with van der Waals surface area (Å²) in [5, 5.41) is 5.84. The largest absolute Gasteiger partial charge is 0.317 e. The maximum Gasteiger partial charge on any atom is 0.248 e. The summed E-state index contributed by atoms with van der Waals surface area (Å²) in [7, 11) is -3.84. The van der Waals surface area contributed by atoms with E-state index < -0.39 is 10.0 Å². The fraction of sp³-hybridized carbons (Fsp3) is 0.294. The summed E-state index contributed by atoms with van der Waals surface area (Å²) in [5.74, 6) is 0.410. The van der Waals surface area contributed by atoms with E-state index in [9.17, 15) is 8.42 Å². The van der Waals surface area contributed by atoms with E-state index in [4.69, 9.17) is 16.7 Å². The topological polar surface area (TPSA) is 90.9 Å². The number of thiophene rings is 1. The molecule has 3 heterocycles. The molecule has 0 saturated heterocycles. The zero-order valence-electron chi connectivity index (χ0n) is 14.4. The van der Waals surface area contributed by atoms with Gasteiger partial charge in [0, 0.05) is 40.8 Å². The van der Waals surface area contributed by atoms with E-state index in [-0.39, 0.29) is 4.21 Å². The summed E-state index contributed by atoms with van der Waals surface area (Å²) in [5.41, 5.74) is 2.21. The number of aromatic nitrogens is 3. The Kier molecular flexibility index (Phi) is 5.47. The number of sulfonamides is 1. The summed E-state index contributed by atoms with van der Waals surface area (Å²) >= 11 is 7.30. The molecule has 3 aromatic heterocycles. The molecule has 0 bridgehead atoms. The minimum atomic E-state index is -3.84. The molecule has 0 aromatic carbocycles. The molecule has 3 rings (SSSR count). The number of nitrogens with zero attached hydrogens (tertiary/aromatic N) is 3. The molecular formula is C17H19ClN4O2S2. The molecule has 0 radical (unpaired) electrons. The van der Waals surface area contributed by atoms with Crippen molar-refractivity contribution < 1.29 is 8.42 Å². The van der Waals surface area contributed by atoms with Crippen molar-refractivity contribution in [3.63, 3.8) is 0 Å². The molecule has 0 aliphatic heterocycles. The normalized spacial score (nSPS) is 12.0. The lowest BCUT2D eigenvalue weighted by Gasteiger charge is -2.10. The molecule has 9 heteroatoms. The monoisotopic (exact) mass is 410 g/mol. The first-order valence-electron chi connectivity index (χ1n) is 8.01. The van der Waals surface area contributed by atoms with Gasteiger partial charge in [0.15, 0.2) is 0 Å². The predicted molar refractivity (Wildman–Crippen MR) is 104 cm³/mol. The van der Waals surface area contributed by atoms with Gasteiger partial charge in [-0.15, -0.1) is 11.3 Å². The third-order valence-corrected chi connectivity index (χ3v) is 6.77. The van der Waals surface area contributed by atoms with Gasteiger partial charge in [-0.05, 0) is 41.6 Å². The average Bonchev–Trinajstić information content (AvgIpc) is 3.14. The second-order valence-corrected chi connectivity index (χ2v) is 9.65. The molecule has 3 aromatic rings. The van der Waals surface area contributed by atoms with Gasteiger partial charge >= 0.3 is 0 Å². The quantitative estimate of drug-likeness (QED) is 0.672. The molecule has 2 N–H and O–H groups in total. The molecule has 0 saturated carbocycles. The van der Waals surface area contributed by atoms with Gasteiger partial charge in [-0.2, -0.15) is 0 Å². The van der Waals surface area contributed by atoms with Crippen LogP contribution in [0.5, 0.6) is 0 Å². The molecular weight excluding hydrogens is 392 g/mol. The number of pyridine rings is 1. The van der Waals surface area contributed by atoms with Crippen LogP contribution in [-0.4, -0.2) is 23.0 Å². The van der Waals surface area contributed by atoms with Crippen molar-refractivity contribution in [1.29, 1.82) is 0 Å². The Morgan fingerprint density at radius 1 is 1.31 bits per heavy atom. The molecule has 0 unspecified atom stereocenters. The van der Waals surface area contributed by atoms with E-state index in [1.807, 2.05) is 12.1 Å². The molecule has 26 heavy (non-hydrogen) atoms. The Morgan fingerprint density at radius 3 is 2.69 bits per heavy atom. The lowest BCUT2D eigenvalue weighted by Crippen LogP contribution is -2.11. The van der Waals surface area contributed by atoms with Crippen LogP contribution in [0, 0.1) is 5.92 Å². The van der Waals surface area contributed by atoms with Crippen LogP contribution < -0.4 is 5.14 Å². The standard InChI is InChI=1S/C17H19ClN4O2S2/c1-11(2)7-13-8-14(16(25-13)26(19,23)24)15-9-20-4-3-12(15)10-22-6-5-21-17(22)18/h3-6,8-9,11H,7,10H2,1-2H3,(H2,19,23,24). The van der Waals surface area contributed by atoms with Gasteiger partial charge in [0.2, 0.25) is 15.3 Å². The van der Waals surface area contributed by atoms with Gasteiger partial charge < -0.3 is 4.57 Å². The Morgan fingerprint density at radius 2 is 2.08 bits per heavy atom. The highest BCUT2D eigenvalue weighted by Gasteiger charge is 2.22. The lowest BCUT2D eigenvalue weighted by atomic mass is 10.0. The van der Waals surface area contributed by atoms with Crippen LogP contribution in [0.3, 0.4) is 0 Å². The van der Waals surface area contributed by atoms with Gasteiger partial charge in [0.1, 0.15) is 4.21 Å². The third-order valence-electron chi connectivity index (χ3n) is 3.82. The molecule has 6 nitrogen and oxygen atoms in total. The second-order valence-electron chi connectivity index (χ2n) is 6.41. The molecule has 0 aliphatic rings. The van der Waals surface area contributed by atoms with Crippen molar-refractivity contribution in [2.24, 2.45) is 11.1 Å². The van der Waals surface area contributed by atoms with Gasteiger partial charge in [-0.3, -0.25) is 4.98 Å². The molecule has 0 amide bonds. The smallest absolute Gasteiger partial charge is 0.248 e. The van der Waals surface area contributed by atoms with Crippen molar-refractivity contribution in [2.75, 3.05) is 0 Å². The van der Waals surface area contributed by atoms with Crippen LogP contribution in [0.2, 0.25) is 5.28 Å². The Hall–Kier alpha value is -1.74. The van der Waals surface area contributed by atoms with Crippen LogP contribution in [0.4, 0.5) is 0 Å². The summed E-state index contributed by atoms with van der Waals surface area (Å²) < 4.78 is 26.2.